The zero-order valence-electron chi connectivity index (χ0n) is 16.4. The van der Waals surface area contributed by atoms with Gasteiger partial charge in [-0.3, -0.25) is 14.2 Å². The first kappa shape index (κ1) is 22.0. The molecule has 1 aromatic carbocycles. The summed E-state index contributed by atoms with van der Waals surface area (Å²) < 4.78 is 37.4. The van der Waals surface area contributed by atoms with Gasteiger partial charge in [-0.1, -0.05) is 5.16 Å². The molecule has 2 unspecified atom stereocenters. The summed E-state index contributed by atoms with van der Waals surface area (Å²) in [6, 6.07) is 4.23. The number of nitrogens with zero attached hydrogens (tertiary/aromatic N) is 4. The van der Waals surface area contributed by atoms with E-state index in [1.54, 1.807) is 11.0 Å². The van der Waals surface area contributed by atoms with Gasteiger partial charge in [0.25, 0.3) is 0 Å². The molecule has 1 N–H and O–H groups in total. The molecule has 2 atom stereocenters. The van der Waals surface area contributed by atoms with Gasteiger partial charge in [0.1, 0.15) is 24.9 Å². The molecule has 0 bridgehead atoms. The SMILES string of the molecule is CCOP(=O)(O)N(CC1CN(c2ccc(N3C=NOCC3)c(F)c2)C(=O)O1)C(C)=O. The summed E-state index contributed by atoms with van der Waals surface area (Å²) >= 11 is 0. The zero-order chi connectivity index (χ0) is 21.9. The number of carbonyl (C=O) groups is 2. The Bertz CT molecular complexity index is 899. The monoisotopic (exact) mass is 444 g/mol. The summed E-state index contributed by atoms with van der Waals surface area (Å²) in [6.07, 6.45) is -0.284. The van der Waals surface area contributed by atoms with Crippen molar-refractivity contribution in [2.45, 2.75) is 20.0 Å². The van der Waals surface area contributed by atoms with E-state index in [1.807, 2.05) is 0 Å². The lowest BCUT2D eigenvalue weighted by atomic mass is 10.2. The zero-order valence-corrected chi connectivity index (χ0v) is 17.3. The number of anilines is 2. The Hall–Kier alpha value is -2.69. The molecule has 2 heterocycles. The molecule has 0 radical (unpaired) electrons. The summed E-state index contributed by atoms with van der Waals surface area (Å²) in [5, 5.41) is 3.64. The van der Waals surface area contributed by atoms with Crippen LogP contribution in [-0.2, 0) is 23.5 Å². The Balaban J connectivity index is 1.73. The van der Waals surface area contributed by atoms with Gasteiger partial charge < -0.3 is 19.4 Å². The molecule has 164 valence electrons. The maximum Gasteiger partial charge on any atom is 0.435 e. The number of halogens is 1. The van der Waals surface area contributed by atoms with Gasteiger partial charge >= 0.3 is 13.8 Å². The molecule has 2 aliphatic rings. The lowest BCUT2D eigenvalue weighted by molar-refractivity contribution is -0.126. The maximum atomic E-state index is 14.6. The molecule has 0 aliphatic carbocycles. The third kappa shape index (κ3) is 4.72. The van der Waals surface area contributed by atoms with Crippen molar-refractivity contribution in [2.24, 2.45) is 5.16 Å². The smallest absolute Gasteiger partial charge is 0.435 e. The van der Waals surface area contributed by atoms with Crippen LogP contribution in [0.1, 0.15) is 13.8 Å². The van der Waals surface area contributed by atoms with Crippen molar-refractivity contribution in [1.29, 1.82) is 0 Å². The van der Waals surface area contributed by atoms with Crippen molar-refractivity contribution in [3.05, 3.63) is 24.0 Å². The average molecular weight is 444 g/mol. The summed E-state index contributed by atoms with van der Waals surface area (Å²) in [7, 11) is -4.37. The van der Waals surface area contributed by atoms with Crippen LogP contribution in [0.25, 0.3) is 0 Å². The van der Waals surface area contributed by atoms with Gasteiger partial charge in [0.2, 0.25) is 5.91 Å². The van der Waals surface area contributed by atoms with Crippen molar-refractivity contribution in [3.8, 4) is 0 Å². The Morgan fingerprint density at radius 3 is 2.87 bits per heavy atom. The number of oxime groups is 1. The van der Waals surface area contributed by atoms with Crippen molar-refractivity contribution >= 4 is 37.5 Å². The van der Waals surface area contributed by atoms with E-state index in [4.69, 9.17) is 14.1 Å². The van der Waals surface area contributed by atoms with E-state index in [-0.39, 0.29) is 31.1 Å². The van der Waals surface area contributed by atoms with Gasteiger partial charge in [-0.05, 0) is 25.1 Å². The fourth-order valence-electron chi connectivity index (χ4n) is 3.09. The van der Waals surface area contributed by atoms with Gasteiger partial charge in [0, 0.05) is 6.92 Å². The van der Waals surface area contributed by atoms with Gasteiger partial charge in [-0.15, -0.1) is 0 Å². The van der Waals surface area contributed by atoms with E-state index in [2.05, 4.69) is 5.16 Å². The van der Waals surface area contributed by atoms with Crippen molar-refractivity contribution in [1.82, 2.24) is 4.67 Å². The normalized spacial score (nSPS) is 20.5. The van der Waals surface area contributed by atoms with Gasteiger partial charge in [0.15, 0.2) is 0 Å². The lowest BCUT2D eigenvalue weighted by Gasteiger charge is -2.26. The Morgan fingerprint density at radius 2 is 2.27 bits per heavy atom. The van der Waals surface area contributed by atoms with Crippen molar-refractivity contribution in [3.63, 3.8) is 0 Å². The minimum absolute atomic E-state index is 0.0352. The van der Waals surface area contributed by atoms with Crippen LogP contribution in [0.2, 0.25) is 0 Å². The molecule has 1 fully saturated rings. The van der Waals surface area contributed by atoms with Crippen LogP contribution in [0.3, 0.4) is 0 Å². The molecule has 11 nitrogen and oxygen atoms in total. The summed E-state index contributed by atoms with van der Waals surface area (Å²) in [6.45, 7) is 2.92. The van der Waals surface area contributed by atoms with Crippen molar-refractivity contribution in [2.75, 3.05) is 42.6 Å². The van der Waals surface area contributed by atoms with Crippen LogP contribution in [0.5, 0.6) is 0 Å². The number of amides is 2. The van der Waals surface area contributed by atoms with Crippen molar-refractivity contribution < 1.29 is 37.5 Å². The van der Waals surface area contributed by atoms with E-state index in [0.29, 0.717) is 17.8 Å². The number of benzene rings is 1. The minimum Gasteiger partial charge on any atom is -0.442 e. The first-order valence-corrected chi connectivity index (χ1v) is 10.7. The van der Waals surface area contributed by atoms with E-state index in [0.717, 1.165) is 6.92 Å². The minimum atomic E-state index is -4.37. The highest BCUT2D eigenvalue weighted by Gasteiger charge is 2.39. The predicted molar refractivity (Wildman–Crippen MR) is 105 cm³/mol. The molecule has 30 heavy (non-hydrogen) atoms. The molecule has 0 aromatic heterocycles. The van der Waals surface area contributed by atoms with Crippen LogP contribution in [-0.4, -0.2) is 66.9 Å². The number of ether oxygens (including phenoxy) is 1. The number of rotatable bonds is 7. The molecule has 13 heteroatoms. The molecule has 2 amide bonds. The fraction of sp³-hybridized carbons (Fsp3) is 0.471. The highest BCUT2D eigenvalue weighted by atomic mass is 31.2. The quantitative estimate of drug-likeness (QED) is 0.633. The third-order valence-corrected chi connectivity index (χ3v) is 6.10. The maximum absolute atomic E-state index is 14.6. The fourth-order valence-corrected chi connectivity index (χ4v) is 4.31. The second-order valence-electron chi connectivity index (χ2n) is 6.51. The predicted octanol–water partition coefficient (Wildman–Crippen LogP) is 1.92. The van der Waals surface area contributed by atoms with E-state index in [9.17, 15) is 23.4 Å². The summed E-state index contributed by atoms with van der Waals surface area (Å²) in [5.41, 5.74) is 0.524. The largest absolute Gasteiger partial charge is 0.442 e. The molecule has 0 saturated carbocycles. The standard InChI is InChI=1S/C17H22FN4O7P/c1-3-28-30(25,26)22(12(2)23)10-14-9-21(17(24)29-14)13-4-5-16(15(18)8-13)20-6-7-27-19-11-20/h4-5,8,11,14H,3,6-7,9-10H2,1-2H3,(H,25,26). The van der Waals surface area contributed by atoms with Crippen LogP contribution in [0.4, 0.5) is 20.6 Å². The van der Waals surface area contributed by atoms with E-state index < -0.39 is 31.7 Å². The van der Waals surface area contributed by atoms with E-state index in [1.165, 1.54) is 30.3 Å². The molecular weight excluding hydrogens is 422 g/mol. The first-order chi connectivity index (χ1) is 14.2. The summed E-state index contributed by atoms with van der Waals surface area (Å²) in [4.78, 5) is 41.6. The molecule has 1 aromatic rings. The van der Waals surface area contributed by atoms with Gasteiger partial charge in [0.05, 0.1) is 37.6 Å². The summed E-state index contributed by atoms with van der Waals surface area (Å²) in [5.74, 6) is -1.27. The molecule has 1 saturated heterocycles. The molecule has 2 aliphatic heterocycles. The molecule has 3 rings (SSSR count). The topological polar surface area (TPSA) is 121 Å². The highest BCUT2D eigenvalue weighted by Crippen LogP contribution is 2.46. The van der Waals surface area contributed by atoms with Crippen LogP contribution in [0.15, 0.2) is 23.4 Å². The Morgan fingerprint density at radius 1 is 1.50 bits per heavy atom. The Labute approximate surface area is 172 Å². The number of cyclic esters (lactones) is 1. The van der Waals surface area contributed by atoms with Gasteiger partial charge in [-0.2, -0.15) is 0 Å². The lowest BCUT2D eigenvalue weighted by Crippen LogP contribution is -2.36. The van der Waals surface area contributed by atoms with Crippen LogP contribution < -0.4 is 9.80 Å². The highest BCUT2D eigenvalue weighted by molar-refractivity contribution is 7.51. The first-order valence-electron chi connectivity index (χ1n) is 9.18. The molecular formula is C17H22FN4O7P. The second kappa shape index (κ2) is 8.99. The molecule has 0 spiro atoms. The van der Waals surface area contributed by atoms with Crippen LogP contribution >= 0.6 is 7.75 Å². The van der Waals surface area contributed by atoms with Crippen LogP contribution in [0, 0.1) is 5.82 Å². The van der Waals surface area contributed by atoms with Gasteiger partial charge in [-0.25, -0.2) is 18.4 Å². The third-order valence-electron chi connectivity index (χ3n) is 4.45. The average Bonchev–Trinajstić information content (AvgIpc) is 3.06. The Kier molecular flexibility index (Phi) is 6.59. The number of carbonyl (C=O) groups excluding carboxylic acids is 2. The number of hydrogen-bond acceptors (Lipinski definition) is 8. The van der Waals surface area contributed by atoms with E-state index >= 15 is 0 Å². The second-order valence-corrected chi connectivity index (χ2v) is 8.23. The number of hydrogen-bond donors (Lipinski definition) is 1.